The largest absolute Gasteiger partial charge is 0.355 e. The Hall–Kier alpha value is -1.89. The topological polar surface area (TPSA) is 66.5 Å². The van der Waals surface area contributed by atoms with Crippen LogP contribution in [-0.4, -0.2) is 38.3 Å². The Labute approximate surface area is 178 Å². The van der Waals surface area contributed by atoms with Gasteiger partial charge in [0.15, 0.2) is 0 Å². The summed E-state index contributed by atoms with van der Waals surface area (Å²) in [6, 6.07) is 16.9. The molecule has 2 aromatic carbocycles. The van der Waals surface area contributed by atoms with E-state index in [1.807, 2.05) is 18.2 Å². The highest BCUT2D eigenvalue weighted by Crippen LogP contribution is 2.23. The number of hydrogen-bond acceptors (Lipinski definition) is 3. The van der Waals surface area contributed by atoms with Crippen molar-refractivity contribution in [3.63, 3.8) is 0 Å². The normalized spacial score (nSPS) is 17.0. The molecule has 1 unspecified atom stereocenters. The van der Waals surface area contributed by atoms with Gasteiger partial charge in [0.1, 0.15) is 0 Å². The monoisotopic (exact) mass is 434 g/mol. The summed E-state index contributed by atoms with van der Waals surface area (Å²) >= 11 is 5.86. The molecule has 0 bridgehead atoms. The number of halogens is 1. The van der Waals surface area contributed by atoms with E-state index in [0.29, 0.717) is 43.1 Å². The van der Waals surface area contributed by atoms with Crippen LogP contribution in [0, 0.1) is 5.92 Å². The zero-order chi connectivity index (χ0) is 20.9. The maximum absolute atomic E-state index is 12.7. The summed E-state index contributed by atoms with van der Waals surface area (Å²) in [5.41, 5.74) is 1.90. The van der Waals surface area contributed by atoms with Gasteiger partial charge in [0, 0.05) is 30.6 Å². The Morgan fingerprint density at radius 1 is 1.10 bits per heavy atom. The van der Waals surface area contributed by atoms with E-state index in [2.05, 4.69) is 24.4 Å². The molecule has 5 nitrogen and oxygen atoms in total. The molecule has 1 aliphatic rings. The summed E-state index contributed by atoms with van der Waals surface area (Å²) in [6.45, 7) is 3.42. The van der Waals surface area contributed by atoms with Gasteiger partial charge < -0.3 is 5.32 Å². The first kappa shape index (κ1) is 21.8. The molecule has 0 spiro atoms. The van der Waals surface area contributed by atoms with Crippen LogP contribution in [0.1, 0.15) is 36.8 Å². The molecule has 29 heavy (non-hydrogen) atoms. The van der Waals surface area contributed by atoms with Crippen LogP contribution in [0.5, 0.6) is 0 Å². The van der Waals surface area contributed by atoms with Crippen LogP contribution in [0.4, 0.5) is 0 Å². The lowest BCUT2D eigenvalue weighted by Crippen LogP contribution is -2.43. The Bertz CT molecular complexity index is 909. The van der Waals surface area contributed by atoms with Gasteiger partial charge in [-0.15, -0.1) is 0 Å². The van der Waals surface area contributed by atoms with Crippen LogP contribution in [0.15, 0.2) is 54.6 Å². The van der Waals surface area contributed by atoms with Gasteiger partial charge in [-0.25, -0.2) is 12.7 Å². The molecule has 1 aliphatic heterocycles. The zero-order valence-electron chi connectivity index (χ0n) is 16.6. The number of piperidine rings is 1. The summed E-state index contributed by atoms with van der Waals surface area (Å²) < 4.78 is 26.9. The lowest BCUT2D eigenvalue weighted by Gasteiger charge is -2.30. The van der Waals surface area contributed by atoms with Crippen molar-refractivity contribution in [2.45, 2.75) is 31.4 Å². The third kappa shape index (κ3) is 6.04. The van der Waals surface area contributed by atoms with Gasteiger partial charge in [-0.2, -0.15) is 0 Å². The van der Waals surface area contributed by atoms with Crippen molar-refractivity contribution in [1.29, 1.82) is 0 Å². The molecular weight excluding hydrogens is 408 g/mol. The van der Waals surface area contributed by atoms with Crippen LogP contribution in [0.2, 0.25) is 5.02 Å². The molecule has 0 radical (unpaired) electrons. The fourth-order valence-corrected chi connectivity index (χ4v) is 5.27. The van der Waals surface area contributed by atoms with Crippen molar-refractivity contribution in [1.82, 2.24) is 9.62 Å². The number of hydrogen-bond donors (Lipinski definition) is 1. The second-order valence-corrected chi connectivity index (χ2v) is 10.0. The molecule has 1 heterocycles. The maximum atomic E-state index is 12.7. The van der Waals surface area contributed by atoms with Gasteiger partial charge in [0.05, 0.1) is 5.75 Å². The first-order valence-electron chi connectivity index (χ1n) is 9.90. The standard InChI is InChI=1S/C22H27ClN2O3S/c1-17(19-5-3-2-4-6-19)15-24-22(26)20-11-13-25(14-12-20)29(27,28)16-18-7-9-21(23)10-8-18/h2-10,17,20H,11-16H2,1H3,(H,24,26). The highest BCUT2D eigenvalue weighted by molar-refractivity contribution is 7.88. The predicted octanol–water partition coefficient (Wildman–Crippen LogP) is 3.80. The Morgan fingerprint density at radius 2 is 1.72 bits per heavy atom. The molecule has 156 valence electrons. The lowest BCUT2D eigenvalue weighted by molar-refractivity contribution is -0.126. The molecule has 1 atom stereocenters. The van der Waals surface area contributed by atoms with Crippen molar-refractivity contribution in [3.05, 3.63) is 70.7 Å². The fourth-order valence-electron chi connectivity index (χ4n) is 3.58. The number of carbonyl (C=O) groups is 1. The first-order valence-corrected chi connectivity index (χ1v) is 11.9. The predicted molar refractivity (Wildman–Crippen MR) is 116 cm³/mol. The summed E-state index contributed by atoms with van der Waals surface area (Å²) in [5.74, 6) is 0.0674. The molecule has 0 saturated carbocycles. The molecule has 1 N–H and O–H groups in total. The minimum absolute atomic E-state index is 0.0162. The Morgan fingerprint density at radius 3 is 2.34 bits per heavy atom. The number of sulfonamides is 1. The molecule has 7 heteroatoms. The van der Waals surface area contributed by atoms with Crippen molar-refractivity contribution < 1.29 is 13.2 Å². The Balaban J connectivity index is 1.47. The number of amides is 1. The van der Waals surface area contributed by atoms with Crippen molar-refractivity contribution in [2.75, 3.05) is 19.6 Å². The summed E-state index contributed by atoms with van der Waals surface area (Å²) in [6.07, 6.45) is 1.09. The first-order chi connectivity index (χ1) is 13.8. The molecule has 1 amide bonds. The van der Waals surface area contributed by atoms with Gasteiger partial charge >= 0.3 is 0 Å². The number of benzene rings is 2. The van der Waals surface area contributed by atoms with E-state index in [0.717, 1.165) is 0 Å². The molecule has 1 fully saturated rings. The SMILES string of the molecule is CC(CNC(=O)C1CCN(S(=O)(=O)Cc2ccc(Cl)cc2)CC1)c1ccccc1. The minimum Gasteiger partial charge on any atom is -0.355 e. The van der Waals surface area contributed by atoms with Gasteiger partial charge in [0.2, 0.25) is 15.9 Å². The van der Waals surface area contributed by atoms with E-state index in [1.54, 1.807) is 24.3 Å². The molecule has 3 rings (SSSR count). The molecule has 1 saturated heterocycles. The number of nitrogens with zero attached hydrogens (tertiary/aromatic N) is 1. The second kappa shape index (κ2) is 9.74. The highest BCUT2D eigenvalue weighted by atomic mass is 35.5. The van der Waals surface area contributed by atoms with E-state index >= 15 is 0 Å². The number of nitrogens with one attached hydrogen (secondary N) is 1. The average Bonchev–Trinajstić information content (AvgIpc) is 2.74. The van der Waals surface area contributed by atoms with Crippen molar-refractivity contribution in [3.8, 4) is 0 Å². The number of rotatable bonds is 7. The smallest absolute Gasteiger partial charge is 0.223 e. The van der Waals surface area contributed by atoms with Gasteiger partial charge in [0.25, 0.3) is 0 Å². The van der Waals surface area contributed by atoms with E-state index in [9.17, 15) is 13.2 Å². The van der Waals surface area contributed by atoms with Gasteiger partial charge in [-0.1, -0.05) is 61.0 Å². The molecule has 0 aromatic heterocycles. The van der Waals surface area contributed by atoms with E-state index < -0.39 is 10.0 Å². The average molecular weight is 435 g/mol. The van der Waals surface area contributed by atoms with Crippen molar-refractivity contribution in [2.24, 2.45) is 5.92 Å². The Kier molecular flexibility index (Phi) is 7.33. The van der Waals surface area contributed by atoms with Crippen LogP contribution in [0.25, 0.3) is 0 Å². The van der Waals surface area contributed by atoms with Gasteiger partial charge in [-0.05, 0) is 42.0 Å². The van der Waals surface area contributed by atoms with Crippen LogP contribution in [0.3, 0.4) is 0 Å². The summed E-state index contributed by atoms with van der Waals surface area (Å²) in [4.78, 5) is 12.5. The summed E-state index contributed by atoms with van der Waals surface area (Å²) in [7, 11) is -3.40. The van der Waals surface area contributed by atoms with E-state index in [4.69, 9.17) is 11.6 Å². The molecule has 0 aliphatic carbocycles. The third-order valence-electron chi connectivity index (χ3n) is 5.43. The second-order valence-electron chi connectivity index (χ2n) is 7.61. The van der Waals surface area contributed by atoms with Crippen LogP contribution >= 0.6 is 11.6 Å². The maximum Gasteiger partial charge on any atom is 0.223 e. The quantitative estimate of drug-likeness (QED) is 0.720. The highest BCUT2D eigenvalue weighted by Gasteiger charge is 2.31. The third-order valence-corrected chi connectivity index (χ3v) is 7.53. The summed E-state index contributed by atoms with van der Waals surface area (Å²) in [5, 5.41) is 3.61. The number of carbonyl (C=O) groups excluding carboxylic acids is 1. The van der Waals surface area contributed by atoms with Gasteiger partial charge in [-0.3, -0.25) is 4.79 Å². The molecule has 2 aromatic rings. The van der Waals surface area contributed by atoms with Crippen LogP contribution in [-0.2, 0) is 20.6 Å². The minimum atomic E-state index is -3.40. The zero-order valence-corrected chi connectivity index (χ0v) is 18.1. The van der Waals surface area contributed by atoms with E-state index in [-0.39, 0.29) is 23.5 Å². The molecular formula is C22H27ClN2O3S. The van der Waals surface area contributed by atoms with E-state index in [1.165, 1.54) is 9.87 Å². The lowest BCUT2D eigenvalue weighted by atomic mass is 9.96. The fraction of sp³-hybridized carbons (Fsp3) is 0.409. The van der Waals surface area contributed by atoms with Crippen molar-refractivity contribution >= 4 is 27.5 Å². The van der Waals surface area contributed by atoms with Crippen LogP contribution < -0.4 is 5.32 Å².